The second-order valence-electron chi connectivity index (χ2n) is 6.86. The maximum atomic E-state index is 13.4. The SMILES string of the molecule is C=CCOC(=O)C1=C(N)OC(C)=C(C(=O)OC(C)C)[C@]12C(=O)Nc1ccccc12. The topological polar surface area (TPSA) is 117 Å². The lowest BCUT2D eigenvalue weighted by atomic mass is 9.67. The molecule has 0 unspecified atom stereocenters. The number of fused-ring (bicyclic) bond motifs is 2. The first-order valence-corrected chi connectivity index (χ1v) is 9.04. The molecule has 0 fully saturated rings. The summed E-state index contributed by atoms with van der Waals surface area (Å²) in [4.78, 5) is 39.4. The van der Waals surface area contributed by atoms with Gasteiger partial charge in [-0.3, -0.25) is 4.79 Å². The van der Waals surface area contributed by atoms with E-state index in [-0.39, 0.29) is 29.4 Å². The number of carbonyl (C=O) groups is 3. The number of esters is 2. The highest BCUT2D eigenvalue weighted by molar-refractivity contribution is 6.21. The van der Waals surface area contributed by atoms with Crippen LogP contribution in [-0.4, -0.2) is 30.6 Å². The number of benzene rings is 1. The monoisotopic (exact) mass is 398 g/mol. The lowest BCUT2D eigenvalue weighted by Crippen LogP contribution is -2.48. The Morgan fingerprint density at radius 3 is 2.62 bits per heavy atom. The van der Waals surface area contributed by atoms with Crippen molar-refractivity contribution in [1.82, 2.24) is 0 Å². The molecule has 0 bridgehead atoms. The summed E-state index contributed by atoms with van der Waals surface area (Å²) >= 11 is 0. The number of carbonyl (C=O) groups excluding carboxylic acids is 3. The van der Waals surface area contributed by atoms with Gasteiger partial charge < -0.3 is 25.3 Å². The summed E-state index contributed by atoms with van der Waals surface area (Å²) in [5, 5.41) is 2.72. The normalized spacial score (nSPS) is 20.3. The third kappa shape index (κ3) is 3.06. The second-order valence-corrected chi connectivity index (χ2v) is 6.86. The van der Waals surface area contributed by atoms with Crippen LogP contribution in [-0.2, 0) is 34.0 Å². The fraction of sp³-hybridized carbons (Fsp3) is 0.286. The Bertz CT molecular complexity index is 975. The van der Waals surface area contributed by atoms with Gasteiger partial charge in [-0.1, -0.05) is 30.9 Å². The van der Waals surface area contributed by atoms with Gasteiger partial charge in [-0.05, 0) is 26.8 Å². The van der Waals surface area contributed by atoms with E-state index in [1.165, 1.54) is 13.0 Å². The first-order valence-electron chi connectivity index (χ1n) is 9.04. The molecule has 2 aliphatic rings. The molecule has 29 heavy (non-hydrogen) atoms. The number of para-hydroxylation sites is 1. The Morgan fingerprint density at radius 1 is 1.28 bits per heavy atom. The van der Waals surface area contributed by atoms with E-state index in [0.29, 0.717) is 11.3 Å². The van der Waals surface area contributed by atoms with E-state index in [1.54, 1.807) is 38.1 Å². The molecule has 0 aliphatic carbocycles. The van der Waals surface area contributed by atoms with Crippen molar-refractivity contribution in [1.29, 1.82) is 0 Å². The molecule has 0 saturated carbocycles. The number of nitrogens with two attached hydrogens (primary N) is 1. The van der Waals surface area contributed by atoms with Gasteiger partial charge in [0.2, 0.25) is 11.8 Å². The molecule has 1 amide bonds. The van der Waals surface area contributed by atoms with Crippen LogP contribution in [0.25, 0.3) is 0 Å². The smallest absolute Gasteiger partial charge is 0.341 e. The molecule has 1 atom stereocenters. The molecular formula is C21H22N2O6. The summed E-state index contributed by atoms with van der Waals surface area (Å²) in [5.41, 5.74) is 4.63. The maximum absolute atomic E-state index is 13.4. The van der Waals surface area contributed by atoms with Gasteiger partial charge in [0.25, 0.3) is 0 Å². The van der Waals surface area contributed by atoms with Crippen LogP contribution in [0.5, 0.6) is 0 Å². The summed E-state index contributed by atoms with van der Waals surface area (Å²) in [7, 11) is 0. The third-order valence-corrected chi connectivity index (χ3v) is 4.61. The average molecular weight is 398 g/mol. The van der Waals surface area contributed by atoms with Gasteiger partial charge in [0.05, 0.1) is 6.10 Å². The lowest BCUT2D eigenvalue weighted by Gasteiger charge is -2.35. The summed E-state index contributed by atoms with van der Waals surface area (Å²) in [6.07, 6.45) is 0.918. The van der Waals surface area contributed by atoms with E-state index >= 15 is 0 Å². The van der Waals surface area contributed by atoms with Crippen LogP contribution in [0.15, 0.2) is 59.7 Å². The first-order chi connectivity index (χ1) is 13.7. The number of hydrogen-bond donors (Lipinski definition) is 2. The zero-order valence-electron chi connectivity index (χ0n) is 16.4. The number of amides is 1. The van der Waals surface area contributed by atoms with Gasteiger partial charge in [-0.2, -0.15) is 0 Å². The minimum Gasteiger partial charge on any atom is -0.459 e. The van der Waals surface area contributed by atoms with Crippen molar-refractivity contribution in [3.8, 4) is 0 Å². The summed E-state index contributed by atoms with van der Waals surface area (Å²) in [6, 6.07) is 6.73. The first kappa shape index (κ1) is 20.2. The Balaban J connectivity index is 2.32. The highest BCUT2D eigenvalue weighted by Crippen LogP contribution is 2.52. The number of anilines is 1. The molecule has 3 N–H and O–H groups in total. The van der Waals surface area contributed by atoms with Gasteiger partial charge in [-0.15, -0.1) is 0 Å². The molecule has 0 aromatic heterocycles. The van der Waals surface area contributed by atoms with E-state index in [4.69, 9.17) is 19.9 Å². The molecule has 1 spiro atoms. The van der Waals surface area contributed by atoms with Crippen LogP contribution in [0.1, 0.15) is 26.3 Å². The zero-order chi connectivity index (χ0) is 21.3. The molecule has 3 rings (SSSR count). The molecule has 2 aliphatic heterocycles. The quantitative estimate of drug-likeness (QED) is 0.576. The molecule has 1 aromatic carbocycles. The zero-order valence-corrected chi connectivity index (χ0v) is 16.4. The lowest BCUT2D eigenvalue weighted by molar-refractivity contribution is -0.145. The van der Waals surface area contributed by atoms with E-state index in [2.05, 4.69) is 11.9 Å². The van der Waals surface area contributed by atoms with Crippen molar-refractivity contribution >= 4 is 23.5 Å². The minimum atomic E-state index is -1.85. The number of ether oxygens (including phenoxy) is 3. The summed E-state index contributed by atoms with van der Waals surface area (Å²) in [6.45, 7) is 8.24. The average Bonchev–Trinajstić information content (AvgIpc) is 2.91. The van der Waals surface area contributed by atoms with Crippen molar-refractivity contribution in [2.75, 3.05) is 11.9 Å². The van der Waals surface area contributed by atoms with E-state index < -0.39 is 29.4 Å². The van der Waals surface area contributed by atoms with Crippen molar-refractivity contribution in [2.24, 2.45) is 5.73 Å². The highest BCUT2D eigenvalue weighted by Gasteiger charge is 2.61. The summed E-state index contributed by atoms with van der Waals surface area (Å²) in [5.74, 6) is -2.54. The van der Waals surface area contributed by atoms with E-state index in [0.717, 1.165) is 0 Å². The molecule has 0 saturated heterocycles. The molecule has 1 aromatic rings. The Kier molecular flexibility index (Phi) is 5.19. The van der Waals surface area contributed by atoms with Crippen molar-refractivity contribution < 1.29 is 28.6 Å². The fourth-order valence-corrected chi connectivity index (χ4v) is 3.63. The van der Waals surface area contributed by atoms with Gasteiger partial charge in [-0.25, -0.2) is 9.59 Å². The van der Waals surface area contributed by atoms with E-state index in [9.17, 15) is 14.4 Å². The molecule has 0 radical (unpaired) electrons. The standard InChI is InChI=1S/C21H22N2O6/c1-5-10-27-18(24)16-17(22)29-12(4)15(19(25)28-11(2)3)21(16)13-8-6-7-9-14(13)23-20(21)26/h5-9,11H,1,10,22H2,2-4H3,(H,23,26)/t21-/m0/s1. The molecule has 152 valence electrons. The van der Waals surface area contributed by atoms with Crippen LogP contribution < -0.4 is 11.1 Å². The van der Waals surface area contributed by atoms with E-state index in [1.807, 2.05) is 0 Å². The largest absolute Gasteiger partial charge is 0.459 e. The number of hydrogen-bond acceptors (Lipinski definition) is 7. The Hall–Kier alpha value is -3.55. The van der Waals surface area contributed by atoms with Crippen LogP contribution >= 0.6 is 0 Å². The van der Waals surface area contributed by atoms with Crippen LogP contribution in [0, 0.1) is 0 Å². The summed E-state index contributed by atoms with van der Waals surface area (Å²) < 4.78 is 16.0. The minimum absolute atomic E-state index is 0.0697. The highest BCUT2D eigenvalue weighted by atomic mass is 16.6. The number of allylic oxidation sites excluding steroid dienone is 1. The number of nitrogens with one attached hydrogen (secondary N) is 1. The van der Waals surface area contributed by atoms with Crippen molar-refractivity contribution in [3.63, 3.8) is 0 Å². The van der Waals surface area contributed by atoms with Crippen molar-refractivity contribution in [2.45, 2.75) is 32.3 Å². The van der Waals surface area contributed by atoms with Gasteiger partial charge in [0, 0.05) is 11.3 Å². The predicted molar refractivity (Wildman–Crippen MR) is 104 cm³/mol. The Morgan fingerprint density at radius 2 is 1.97 bits per heavy atom. The molecule has 8 heteroatoms. The third-order valence-electron chi connectivity index (χ3n) is 4.61. The van der Waals surface area contributed by atoms with Gasteiger partial charge in [0.1, 0.15) is 28.9 Å². The van der Waals surface area contributed by atoms with Crippen LogP contribution in [0.2, 0.25) is 0 Å². The van der Waals surface area contributed by atoms with Crippen LogP contribution in [0.4, 0.5) is 5.69 Å². The molecule has 8 nitrogen and oxygen atoms in total. The van der Waals surface area contributed by atoms with Crippen molar-refractivity contribution in [3.05, 3.63) is 65.3 Å². The second kappa shape index (κ2) is 7.46. The van der Waals surface area contributed by atoms with Gasteiger partial charge >= 0.3 is 11.9 Å². The maximum Gasteiger partial charge on any atom is 0.341 e. The molecule has 2 heterocycles. The number of rotatable bonds is 5. The predicted octanol–water partition coefficient (Wildman–Crippen LogP) is 2.03. The van der Waals surface area contributed by atoms with Crippen LogP contribution in [0.3, 0.4) is 0 Å². The van der Waals surface area contributed by atoms with Gasteiger partial charge in [0.15, 0.2) is 0 Å². The molecular weight excluding hydrogens is 376 g/mol. The fourth-order valence-electron chi connectivity index (χ4n) is 3.63. The Labute approximate surface area is 168 Å².